The summed E-state index contributed by atoms with van der Waals surface area (Å²) in [6, 6.07) is 16.6. The number of carbonyl (C=O) groups excluding carboxylic acids is 1. The zero-order chi connectivity index (χ0) is 27.4. The van der Waals surface area contributed by atoms with Crippen molar-refractivity contribution in [2.75, 3.05) is 37.9 Å². The average Bonchev–Trinajstić information content (AvgIpc) is 2.96. The standard InChI is InChI=1S/C30H32N6O3/c1-4-28(37)33-23-6-5-7-24(17-23)36-29(38)11-9-22-18-32-27(34-30(22)36)19-31-25-10-8-21(16-26(25)39-3)20-12-14-35(2)15-13-20/h4-11,16-18,20,31H,1,12-15,19H2,2-3H3,(H,33,37). The van der Waals surface area contributed by atoms with E-state index in [0.29, 0.717) is 35.3 Å². The zero-order valence-corrected chi connectivity index (χ0v) is 22.2. The number of piperidine rings is 1. The number of pyridine rings is 1. The molecule has 2 aromatic heterocycles. The lowest BCUT2D eigenvalue weighted by Crippen LogP contribution is -2.29. The first-order valence-corrected chi connectivity index (χ1v) is 13.0. The molecule has 9 heteroatoms. The first kappa shape index (κ1) is 26.1. The molecule has 1 amide bonds. The summed E-state index contributed by atoms with van der Waals surface area (Å²) in [5.74, 6) is 1.51. The van der Waals surface area contributed by atoms with Crippen LogP contribution in [0, 0.1) is 0 Å². The molecule has 0 bridgehead atoms. The van der Waals surface area contributed by atoms with Crippen molar-refractivity contribution in [2.24, 2.45) is 0 Å². The second-order valence-electron chi connectivity index (χ2n) is 9.71. The number of rotatable bonds is 8. The third kappa shape index (κ3) is 5.83. The minimum absolute atomic E-state index is 0.238. The summed E-state index contributed by atoms with van der Waals surface area (Å²) in [7, 11) is 3.84. The van der Waals surface area contributed by atoms with E-state index in [1.807, 2.05) is 6.07 Å². The van der Waals surface area contributed by atoms with Crippen molar-refractivity contribution in [2.45, 2.75) is 25.3 Å². The van der Waals surface area contributed by atoms with Crippen molar-refractivity contribution < 1.29 is 9.53 Å². The van der Waals surface area contributed by atoms with Gasteiger partial charge in [-0.15, -0.1) is 0 Å². The van der Waals surface area contributed by atoms with E-state index in [1.54, 1.807) is 43.6 Å². The van der Waals surface area contributed by atoms with Crippen LogP contribution < -0.4 is 20.9 Å². The average molecular weight is 525 g/mol. The van der Waals surface area contributed by atoms with E-state index in [-0.39, 0.29) is 11.5 Å². The molecular weight excluding hydrogens is 492 g/mol. The number of methoxy groups -OCH3 is 1. The fourth-order valence-electron chi connectivity index (χ4n) is 4.93. The molecule has 200 valence electrons. The quantitative estimate of drug-likeness (QED) is 0.331. The number of amides is 1. The number of carbonyl (C=O) groups is 1. The van der Waals surface area contributed by atoms with Crippen LogP contribution in [0.25, 0.3) is 16.7 Å². The summed E-state index contributed by atoms with van der Waals surface area (Å²) < 4.78 is 7.22. The first-order valence-electron chi connectivity index (χ1n) is 13.0. The number of aromatic nitrogens is 3. The van der Waals surface area contributed by atoms with Crippen LogP contribution in [0.1, 0.15) is 30.1 Å². The van der Waals surface area contributed by atoms with Crippen LogP contribution in [0.5, 0.6) is 5.75 Å². The van der Waals surface area contributed by atoms with E-state index >= 15 is 0 Å². The van der Waals surface area contributed by atoms with Crippen molar-refractivity contribution >= 4 is 28.3 Å². The number of ether oxygens (including phenoxy) is 1. The normalized spacial score (nSPS) is 14.2. The summed E-state index contributed by atoms with van der Waals surface area (Å²) in [6.07, 6.45) is 5.19. The lowest BCUT2D eigenvalue weighted by Gasteiger charge is -2.29. The van der Waals surface area contributed by atoms with Crippen LogP contribution in [-0.4, -0.2) is 52.6 Å². The Morgan fingerprint density at radius 2 is 1.97 bits per heavy atom. The Morgan fingerprint density at radius 1 is 1.15 bits per heavy atom. The molecule has 0 aliphatic carbocycles. The van der Waals surface area contributed by atoms with Crippen molar-refractivity contribution in [1.29, 1.82) is 0 Å². The predicted octanol–water partition coefficient (Wildman–Crippen LogP) is 4.34. The maximum absolute atomic E-state index is 12.9. The Bertz CT molecular complexity index is 1570. The molecule has 1 aliphatic rings. The van der Waals surface area contributed by atoms with Crippen LogP contribution >= 0.6 is 0 Å². The molecule has 5 rings (SSSR count). The number of hydrogen-bond acceptors (Lipinski definition) is 7. The van der Waals surface area contributed by atoms with Crippen molar-refractivity contribution in [1.82, 2.24) is 19.4 Å². The van der Waals surface area contributed by atoms with Gasteiger partial charge in [-0.3, -0.25) is 14.2 Å². The number of nitrogens with zero attached hydrogens (tertiary/aromatic N) is 4. The summed E-state index contributed by atoms with van der Waals surface area (Å²) in [6.45, 7) is 6.03. The highest BCUT2D eigenvalue weighted by Gasteiger charge is 2.19. The van der Waals surface area contributed by atoms with E-state index in [2.05, 4.69) is 46.3 Å². The van der Waals surface area contributed by atoms with Crippen LogP contribution in [0.15, 0.2) is 78.2 Å². The molecular formula is C30H32N6O3. The van der Waals surface area contributed by atoms with Gasteiger partial charge in [0.1, 0.15) is 11.6 Å². The maximum atomic E-state index is 12.9. The van der Waals surface area contributed by atoms with Crippen LogP contribution in [0.4, 0.5) is 11.4 Å². The second kappa shape index (κ2) is 11.5. The van der Waals surface area contributed by atoms with E-state index in [0.717, 1.165) is 42.8 Å². The summed E-state index contributed by atoms with van der Waals surface area (Å²) in [5, 5.41) is 6.84. The molecule has 0 atom stereocenters. The lowest BCUT2D eigenvalue weighted by molar-refractivity contribution is -0.111. The molecule has 0 saturated carbocycles. The number of likely N-dealkylation sites (tertiary alicyclic amines) is 1. The first-order chi connectivity index (χ1) is 18.9. The molecule has 1 saturated heterocycles. The molecule has 2 aromatic carbocycles. The Balaban J connectivity index is 1.40. The molecule has 0 radical (unpaired) electrons. The SMILES string of the molecule is C=CC(=O)Nc1cccc(-n2c(=O)ccc3cnc(CNc4ccc(C5CCN(C)CC5)cc4OC)nc32)c1. The van der Waals surface area contributed by atoms with Gasteiger partial charge >= 0.3 is 0 Å². The van der Waals surface area contributed by atoms with Gasteiger partial charge in [0.2, 0.25) is 5.91 Å². The summed E-state index contributed by atoms with van der Waals surface area (Å²) in [5.41, 5.74) is 3.52. The highest BCUT2D eigenvalue weighted by Crippen LogP contribution is 2.33. The smallest absolute Gasteiger partial charge is 0.256 e. The van der Waals surface area contributed by atoms with Gasteiger partial charge in [-0.1, -0.05) is 18.7 Å². The van der Waals surface area contributed by atoms with Crippen molar-refractivity contribution in [3.05, 3.63) is 95.2 Å². The van der Waals surface area contributed by atoms with Crippen LogP contribution in [-0.2, 0) is 11.3 Å². The van der Waals surface area contributed by atoms with Crippen LogP contribution in [0.2, 0.25) is 0 Å². The van der Waals surface area contributed by atoms with Crippen molar-refractivity contribution in [3.63, 3.8) is 0 Å². The minimum atomic E-state index is -0.331. The third-order valence-electron chi connectivity index (χ3n) is 7.09. The molecule has 1 aliphatic heterocycles. The van der Waals surface area contributed by atoms with E-state index in [1.165, 1.54) is 22.3 Å². The van der Waals surface area contributed by atoms with E-state index in [4.69, 9.17) is 9.72 Å². The minimum Gasteiger partial charge on any atom is -0.495 e. The topological polar surface area (TPSA) is 101 Å². The lowest BCUT2D eigenvalue weighted by atomic mass is 9.89. The summed E-state index contributed by atoms with van der Waals surface area (Å²) >= 11 is 0. The number of hydrogen-bond donors (Lipinski definition) is 2. The number of anilines is 2. The highest BCUT2D eigenvalue weighted by molar-refractivity contribution is 5.99. The Labute approximate surface area is 227 Å². The highest BCUT2D eigenvalue weighted by atomic mass is 16.5. The fraction of sp³-hybridized carbons (Fsp3) is 0.267. The number of nitrogens with one attached hydrogen (secondary N) is 2. The van der Waals surface area contributed by atoms with Gasteiger partial charge in [-0.2, -0.15) is 0 Å². The van der Waals surface area contributed by atoms with Crippen molar-refractivity contribution in [3.8, 4) is 11.4 Å². The van der Waals surface area contributed by atoms with Gasteiger partial charge in [-0.25, -0.2) is 9.97 Å². The number of benzene rings is 2. The van der Waals surface area contributed by atoms with E-state index in [9.17, 15) is 9.59 Å². The molecule has 1 fully saturated rings. The molecule has 4 aromatic rings. The second-order valence-corrected chi connectivity index (χ2v) is 9.71. The van der Waals surface area contributed by atoms with Gasteiger partial charge in [0.25, 0.3) is 5.56 Å². The number of fused-ring (bicyclic) bond motifs is 1. The molecule has 39 heavy (non-hydrogen) atoms. The predicted molar refractivity (Wildman–Crippen MR) is 154 cm³/mol. The Kier molecular flexibility index (Phi) is 7.69. The molecule has 9 nitrogen and oxygen atoms in total. The fourth-order valence-corrected chi connectivity index (χ4v) is 4.93. The van der Waals surface area contributed by atoms with E-state index < -0.39 is 0 Å². The molecule has 3 heterocycles. The molecule has 0 unspecified atom stereocenters. The van der Waals surface area contributed by atoms with Gasteiger partial charge in [0.15, 0.2) is 5.65 Å². The van der Waals surface area contributed by atoms with Gasteiger partial charge in [0.05, 0.1) is 25.0 Å². The van der Waals surface area contributed by atoms with Gasteiger partial charge < -0.3 is 20.3 Å². The van der Waals surface area contributed by atoms with Gasteiger partial charge in [0, 0.05) is 23.3 Å². The third-order valence-corrected chi connectivity index (χ3v) is 7.09. The maximum Gasteiger partial charge on any atom is 0.256 e. The largest absolute Gasteiger partial charge is 0.495 e. The van der Waals surface area contributed by atoms with Gasteiger partial charge in [-0.05, 0) is 86.9 Å². The molecule has 2 N–H and O–H groups in total. The monoisotopic (exact) mass is 524 g/mol. The Hall–Kier alpha value is -4.50. The summed E-state index contributed by atoms with van der Waals surface area (Å²) in [4.78, 5) is 36.3. The molecule has 0 spiro atoms. The zero-order valence-electron chi connectivity index (χ0n) is 22.2. The Morgan fingerprint density at radius 3 is 2.74 bits per heavy atom. The van der Waals surface area contributed by atoms with Crippen LogP contribution in [0.3, 0.4) is 0 Å².